The molecule has 1 aliphatic heterocycles. The van der Waals surface area contributed by atoms with Crippen LogP contribution >= 0.6 is 34.5 Å². The van der Waals surface area contributed by atoms with E-state index in [9.17, 15) is 18.0 Å². The largest absolute Gasteiger partial charge is 0.374 e. The van der Waals surface area contributed by atoms with Gasteiger partial charge in [-0.25, -0.2) is 8.42 Å². The van der Waals surface area contributed by atoms with Crippen LogP contribution in [0.1, 0.15) is 16.6 Å². The zero-order chi connectivity index (χ0) is 25.2. The molecule has 2 heterocycles. The number of morpholine rings is 1. The molecule has 1 saturated heterocycles. The first-order chi connectivity index (χ1) is 16.6. The summed E-state index contributed by atoms with van der Waals surface area (Å²) in [5.41, 5.74) is 0. The highest BCUT2D eigenvalue weighted by Crippen LogP contribution is 2.28. The Morgan fingerprint density at radius 2 is 1.97 bits per heavy atom. The molecule has 1 aromatic heterocycles. The maximum absolute atomic E-state index is 13.0. The molecule has 8 nitrogen and oxygen atoms in total. The molecule has 2 atom stereocenters. The van der Waals surface area contributed by atoms with Crippen molar-refractivity contribution in [1.82, 2.24) is 14.9 Å². The Kier molecular flexibility index (Phi) is 7.99. The topological polar surface area (TPSA) is 105 Å². The van der Waals surface area contributed by atoms with Gasteiger partial charge in [-0.3, -0.25) is 9.59 Å². The van der Waals surface area contributed by atoms with Gasteiger partial charge in [0, 0.05) is 29.4 Å². The summed E-state index contributed by atoms with van der Waals surface area (Å²) in [7, 11) is -3.86. The van der Waals surface area contributed by atoms with E-state index in [1.165, 1.54) is 33.8 Å². The molecule has 12 heteroatoms. The first-order valence-corrected chi connectivity index (χ1v) is 13.8. The summed E-state index contributed by atoms with van der Waals surface area (Å²) in [6.45, 7) is 2.05. The molecule has 1 aliphatic rings. The normalized spacial score (nSPS) is 17.7. The average Bonchev–Trinajstić information content (AvgIpc) is 3.27. The lowest BCUT2D eigenvalue weighted by molar-refractivity contribution is -0.123. The van der Waals surface area contributed by atoms with Gasteiger partial charge in [0.15, 0.2) is 0 Å². The van der Waals surface area contributed by atoms with E-state index in [1.54, 1.807) is 13.0 Å². The summed E-state index contributed by atoms with van der Waals surface area (Å²) >= 11 is 13.3. The third kappa shape index (κ3) is 5.96. The van der Waals surface area contributed by atoms with Crippen molar-refractivity contribution < 1.29 is 22.7 Å². The van der Waals surface area contributed by atoms with E-state index in [0.717, 1.165) is 10.1 Å². The Balaban J connectivity index is 1.32. The second kappa shape index (κ2) is 10.8. The number of nitrogens with one attached hydrogen (secondary N) is 2. The van der Waals surface area contributed by atoms with Crippen LogP contribution in [0.4, 0.5) is 0 Å². The summed E-state index contributed by atoms with van der Waals surface area (Å²) < 4.78 is 34.0. The Labute approximate surface area is 217 Å². The predicted octanol–water partition coefficient (Wildman–Crippen LogP) is 3.53. The standard InChI is InChI=1S/C23H23Cl2N3O5S2/c1-14(27-23(30)20-10-15-4-2-3-5-19(15)34-20)22(29)26-12-17-13-28(8-9-33-17)35(31,32)21-7-6-16(24)11-18(21)25/h2-7,10-11,14,17H,8-9,12-13H2,1H3,(H,26,29)(H,27,30)/t14-,17?/m0/s1. The van der Waals surface area contributed by atoms with Crippen molar-refractivity contribution in [3.63, 3.8) is 0 Å². The maximum atomic E-state index is 13.0. The molecular formula is C23H23Cl2N3O5S2. The molecule has 1 unspecified atom stereocenters. The van der Waals surface area contributed by atoms with Crippen LogP contribution in [0.15, 0.2) is 53.4 Å². The number of sulfonamides is 1. The molecular weight excluding hydrogens is 533 g/mol. The number of carbonyl (C=O) groups excluding carboxylic acids is 2. The van der Waals surface area contributed by atoms with Gasteiger partial charge in [-0.05, 0) is 42.6 Å². The van der Waals surface area contributed by atoms with Crippen molar-refractivity contribution in [1.29, 1.82) is 0 Å². The van der Waals surface area contributed by atoms with Crippen LogP contribution in [0.3, 0.4) is 0 Å². The van der Waals surface area contributed by atoms with E-state index < -0.39 is 28.1 Å². The van der Waals surface area contributed by atoms with Crippen molar-refractivity contribution in [3.8, 4) is 0 Å². The Hall–Kier alpha value is -2.21. The molecule has 0 aliphatic carbocycles. The molecule has 1 fully saturated rings. The number of hydrogen-bond acceptors (Lipinski definition) is 6. The number of benzene rings is 2. The summed E-state index contributed by atoms with van der Waals surface area (Å²) in [5, 5.41) is 6.77. The highest BCUT2D eigenvalue weighted by molar-refractivity contribution is 7.89. The summed E-state index contributed by atoms with van der Waals surface area (Å²) in [6, 6.07) is 12.9. The van der Waals surface area contributed by atoms with Crippen LogP contribution in [-0.2, 0) is 19.6 Å². The highest BCUT2D eigenvalue weighted by Gasteiger charge is 2.32. The minimum atomic E-state index is -3.86. The van der Waals surface area contributed by atoms with Gasteiger partial charge in [-0.2, -0.15) is 4.31 Å². The number of ether oxygens (including phenoxy) is 1. The minimum Gasteiger partial charge on any atom is -0.374 e. The molecule has 4 rings (SSSR count). The van der Waals surface area contributed by atoms with Crippen LogP contribution in [0.2, 0.25) is 10.0 Å². The lowest BCUT2D eigenvalue weighted by Gasteiger charge is -2.32. The van der Waals surface area contributed by atoms with Crippen LogP contribution in [0.25, 0.3) is 10.1 Å². The molecule has 186 valence electrons. The Bertz CT molecular complexity index is 1330. The molecule has 2 amide bonds. The quantitative estimate of drug-likeness (QED) is 0.464. The van der Waals surface area contributed by atoms with Crippen molar-refractivity contribution in [3.05, 3.63) is 63.5 Å². The zero-order valence-electron chi connectivity index (χ0n) is 18.7. The van der Waals surface area contributed by atoms with Gasteiger partial charge >= 0.3 is 0 Å². The van der Waals surface area contributed by atoms with Gasteiger partial charge in [-0.15, -0.1) is 11.3 Å². The van der Waals surface area contributed by atoms with E-state index in [1.807, 2.05) is 24.3 Å². The van der Waals surface area contributed by atoms with Crippen molar-refractivity contribution in [2.45, 2.75) is 24.0 Å². The lowest BCUT2D eigenvalue weighted by atomic mass is 10.2. The maximum Gasteiger partial charge on any atom is 0.262 e. The van der Waals surface area contributed by atoms with Crippen LogP contribution in [0.5, 0.6) is 0 Å². The van der Waals surface area contributed by atoms with E-state index in [4.69, 9.17) is 27.9 Å². The van der Waals surface area contributed by atoms with E-state index in [0.29, 0.717) is 9.90 Å². The van der Waals surface area contributed by atoms with Gasteiger partial charge in [0.2, 0.25) is 15.9 Å². The van der Waals surface area contributed by atoms with Crippen molar-refractivity contribution >= 4 is 66.5 Å². The van der Waals surface area contributed by atoms with E-state index >= 15 is 0 Å². The molecule has 2 N–H and O–H groups in total. The van der Waals surface area contributed by atoms with Crippen molar-refractivity contribution in [2.24, 2.45) is 0 Å². The fourth-order valence-electron chi connectivity index (χ4n) is 3.65. The molecule has 0 radical (unpaired) electrons. The number of thiophene rings is 1. The third-order valence-electron chi connectivity index (χ3n) is 5.51. The number of nitrogens with zero attached hydrogens (tertiary/aromatic N) is 1. The van der Waals surface area contributed by atoms with Gasteiger partial charge in [0.25, 0.3) is 5.91 Å². The Morgan fingerprint density at radius 1 is 1.20 bits per heavy atom. The number of halogens is 2. The number of amides is 2. The fourth-order valence-corrected chi connectivity index (χ4v) is 6.82. The van der Waals surface area contributed by atoms with Crippen LogP contribution in [-0.4, -0.2) is 62.9 Å². The van der Waals surface area contributed by atoms with Crippen LogP contribution < -0.4 is 10.6 Å². The number of rotatable bonds is 7. The monoisotopic (exact) mass is 555 g/mol. The second-order valence-electron chi connectivity index (χ2n) is 8.02. The van der Waals surface area contributed by atoms with Gasteiger partial charge in [-0.1, -0.05) is 41.4 Å². The fraction of sp³-hybridized carbons (Fsp3) is 0.304. The smallest absolute Gasteiger partial charge is 0.262 e. The number of carbonyl (C=O) groups is 2. The zero-order valence-corrected chi connectivity index (χ0v) is 21.8. The molecule has 0 saturated carbocycles. The second-order valence-corrected chi connectivity index (χ2v) is 11.9. The minimum absolute atomic E-state index is 0.0363. The molecule has 0 bridgehead atoms. The molecule has 35 heavy (non-hydrogen) atoms. The van der Waals surface area contributed by atoms with Crippen LogP contribution in [0, 0.1) is 0 Å². The van der Waals surface area contributed by atoms with Gasteiger partial charge in [0.05, 0.1) is 22.6 Å². The van der Waals surface area contributed by atoms with E-state index in [-0.39, 0.29) is 42.1 Å². The van der Waals surface area contributed by atoms with Gasteiger partial charge < -0.3 is 15.4 Å². The number of hydrogen-bond donors (Lipinski definition) is 2. The molecule has 2 aromatic carbocycles. The average molecular weight is 556 g/mol. The Morgan fingerprint density at radius 3 is 2.71 bits per heavy atom. The summed E-state index contributed by atoms with van der Waals surface area (Å²) in [4.78, 5) is 25.6. The summed E-state index contributed by atoms with van der Waals surface area (Å²) in [6.07, 6.45) is -0.556. The van der Waals surface area contributed by atoms with Gasteiger partial charge in [0.1, 0.15) is 10.9 Å². The lowest BCUT2D eigenvalue weighted by Crippen LogP contribution is -2.52. The molecule has 3 aromatic rings. The van der Waals surface area contributed by atoms with Crippen molar-refractivity contribution in [2.75, 3.05) is 26.2 Å². The predicted molar refractivity (Wildman–Crippen MR) is 137 cm³/mol. The third-order valence-corrected chi connectivity index (χ3v) is 9.21. The molecule has 0 spiro atoms. The SMILES string of the molecule is C[C@H](NC(=O)c1cc2ccccc2s1)C(=O)NCC1CN(S(=O)(=O)c2ccc(Cl)cc2Cl)CCO1. The number of fused-ring (bicyclic) bond motifs is 1. The first kappa shape index (κ1) is 25.9. The highest BCUT2D eigenvalue weighted by atomic mass is 35.5. The summed E-state index contributed by atoms with van der Waals surface area (Å²) in [5.74, 6) is -0.733. The van der Waals surface area contributed by atoms with E-state index in [2.05, 4.69) is 10.6 Å². The first-order valence-electron chi connectivity index (χ1n) is 10.8.